The fourth-order valence-electron chi connectivity index (χ4n) is 0.385. The highest BCUT2D eigenvalue weighted by Gasteiger charge is 1.75. The van der Waals surface area contributed by atoms with Crippen LogP contribution in [0.25, 0.3) is 0 Å². The molecular formula is C10H16O2. The van der Waals surface area contributed by atoms with Crippen molar-refractivity contribution < 1.29 is 9.53 Å². The van der Waals surface area contributed by atoms with Gasteiger partial charge in [-0.25, -0.2) is 0 Å². The first-order valence-corrected chi connectivity index (χ1v) is 3.32. The van der Waals surface area contributed by atoms with Gasteiger partial charge in [0.25, 0.3) is 0 Å². The molecule has 0 aliphatic carbocycles. The molecule has 0 aromatic heterocycles. The molecule has 0 aliphatic heterocycles. The van der Waals surface area contributed by atoms with E-state index in [2.05, 4.69) is 4.74 Å². The smallest absolute Gasteiger partial charge is 0.302 e. The molecule has 0 saturated carbocycles. The Morgan fingerprint density at radius 1 is 1.00 bits per heavy atom. The molecule has 2 nitrogen and oxygen atoms in total. The third kappa shape index (κ3) is 11.5. The van der Waals surface area contributed by atoms with Gasteiger partial charge in [-0.3, -0.25) is 4.79 Å². The molecule has 0 amide bonds. The van der Waals surface area contributed by atoms with Crippen LogP contribution in [0.3, 0.4) is 0 Å². The zero-order valence-electron chi connectivity index (χ0n) is 6.78. The number of hydrogen-bond donors (Lipinski definition) is 0. The monoisotopic (exact) mass is 168 g/mol. The molecule has 0 radical (unpaired) electrons. The summed E-state index contributed by atoms with van der Waals surface area (Å²) in [6.07, 6.45) is 0. The normalized spacial score (nSPS) is 6.83. The molecule has 0 saturated heterocycles. The third-order valence-corrected chi connectivity index (χ3v) is 0.954. The van der Waals surface area contributed by atoms with Gasteiger partial charge < -0.3 is 4.74 Å². The molecule has 68 valence electrons. The summed E-state index contributed by atoms with van der Waals surface area (Å²) in [6.45, 7) is 1.36. The Hall–Kier alpha value is -1.31. The van der Waals surface area contributed by atoms with Crippen molar-refractivity contribution in [3.8, 4) is 0 Å². The van der Waals surface area contributed by atoms with E-state index in [1.807, 2.05) is 36.4 Å². The topological polar surface area (TPSA) is 26.3 Å². The molecule has 1 aromatic rings. The van der Waals surface area contributed by atoms with Crippen molar-refractivity contribution in [3.05, 3.63) is 36.4 Å². The average molecular weight is 168 g/mol. The summed E-state index contributed by atoms with van der Waals surface area (Å²) in [5.74, 6) is -0.245. The minimum Gasteiger partial charge on any atom is -0.469 e. The van der Waals surface area contributed by atoms with Gasteiger partial charge in [0.2, 0.25) is 0 Å². The van der Waals surface area contributed by atoms with Crippen molar-refractivity contribution in [2.45, 2.75) is 14.4 Å². The molecule has 1 aromatic carbocycles. The highest BCUT2D eigenvalue weighted by molar-refractivity contribution is 5.65. The van der Waals surface area contributed by atoms with Crippen molar-refractivity contribution in [3.63, 3.8) is 0 Å². The number of methoxy groups -OCH3 is 1. The maximum absolute atomic E-state index is 9.59. The molecule has 0 bridgehead atoms. The fourth-order valence-corrected chi connectivity index (χ4v) is 0.385. The third-order valence-electron chi connectivity index (χ3n) is 0.954. The molecule has 0 aliphatic rings. The van der Waals surface area contributed by atoms with E-state index in [4.69, 9.17) is 0 Å². The van der Waals surface area contributed by atoms with Crippen molar-refractivity contribution >= 4 is 5.97 Å². The zero-order valence-corrected chi connectivity index (χ0v) is 6.78. The van der Waals surface area contributed by atoms with Crippen LogP contribution in [-0.2, 0) is 9.53 Å². The predicted octanol–water partition coefficient (Wildman–Crippen LogP) is 2.50. The lowest BCUT2D eigenvalue weighted by molar-refractivity contribution is -0.137. The van der Waals surface area contributed by atoms with E-state index in [0.717, 1.165) is 0 Å². The maximum Gasteiger partial charge on any atom is 0.302 e. The summed E-state index contributed by atoms with van der Waals surface area (Å²) < 4.78 is 4.11. The molecule has 0 heterocycles. The maximum atomic E-state index is 9.59. The molecular weight excluding hydrogens is 152 g/mol. The van der Waals surface area contributed by atoms with Crippen LogP contribution in [0, 0.1) is 0 Å². The number of benzene rings is 1. The highest BCUT2D eigenvalue weighted by atomic mass is 16.5. The quantitative estimate of drug-likeness (QED) is 0.556. The van der Waals surface area contributed by atoms with E-state index in [1.165, 1.54) is 14.0 Å². The van der Waals surface area contributed by atoms with Gasteiger partial charge in [-0.05, 0) is 0 Å². The number of rotatable bonds is 0. The van der Waals surface area contributed by atoms with Crippen LogP contribution in [0.15, 0.2) is 36.4 Å². The van der Waals surface area contributed by atoms with E-state index in [0.29, 0.717) is 0 Å². The number of carbonyl (C=O) groups excluding carboxylic acids is 1. The molecule has 0 N–H and O–H groups in total. The molecule has 0 atom stereocenters. The van der Waals surface area contributed by atoms with Gasteiger partial charge in [0, 0.05) is 6.92 Å². The van der Waals surface area contributed by atoms with Crippen LogP contribution < -0.4 is 0 Å². The Morgan fingerprint density at radius 2 is 1.17 bits per heavy atom. The van der Waals surface area contributed by atoms with Crippen molar-refractivity contribution in [2.75, 3.05) is 7.11 Å². The van der Waals surface area contributed by atoms with Crippen LogP contribution in [-0.4, -0.2) is 13.1 Å². The van der Waals surface area contributed by atoms with Gasteiger partial charge in [-0.1, -0.05) is 43.8 Å². The van der Waals surface area contributed by atoms with Gasteiger partial charge in [0.05, 0.1) is 7.11 Å². The van der Waals surface area contributed by atoms with Gasteiger partial charge >= 0.3 is 5.97 Å². The molecule has 0 unspecified atom stereocenters. The van der Waals surface area contributed by atoms with E-state index in [9.17, 15) is 4.79 Å². The summed E-state index contributed by atoms with van der Waals surface area (Å²) >= 11 is 0. The zero-order chi connectivity index (χ0) is 8.53. The summed E-state index contributed by atoms with van der Waals surface area (Å²) in [4.78, 5) is 9.59. The first-order valence-electron chi connectivity index (χ1n) is 3.32. The number of ether oxygens (including phenoxy) is 1. The predicted molar refractivity (Wildman–Crippen MR) is 50.9 cm³/mol. The van der Waals surface area contributed by atoms with Gasteiger partial charge in [0.15, 0.2) is 0 Å². The second-order valence-electron chi connectivity index (χ2n) is 1.85. The molecule has 12 heavy (non-hydrogen) atoms. The summed E-state index contributed by atoms with van der Waals surface area (Å²) in [5.41, 5.74) is 0. The highest BCUT2D eigenvalue weighted by Crippen LogP contribution is 1.79. The lowest BCUT2D eigenvalue weighted by Gasteiger charge is -1.80. The van der Waals surface area contributed by atoms with Gasteiger partial charge in [-0.2, -0.15) is 0 Å². The largest absolute Gasteiger partial charge is 0.469 e. The second kappa shape index (κ2) is 9.69. The van der Waals surface area contributed by atoms with Gasteiger partial charge in [0.1, 0.15) is 0 Å². The Balaban J connectivity index is 0. The summed E-state index contributed by atoms with van der Waals surface area (Å²) in [7, 11) is 1.35. The van der Waals surface area contributed by atoms with E-state index < -0.39 is 0 Å². The summed E-state index contributed by atoms with van der Waals surface area (Å²) in [5, 5.41) is 0. The Bertz CT molecular complexity index is 156. The SMILES string of the molecule is C.COC(C)=O.c1ccccc1. The van der Waals surface area contributed by atoms with E-state index >= 15 is 0 Å². The fraction of sp³-hybridized carbons (Fsp3) is 0.300. The molecule has 1 rings (SSSR count). The van der Waals surface area contributed by atoms with Crippen LogP contribution in [0.4, 0.5) is 0 Å². The van der Waals surface area contributed by atoms with E-state index in [-0.39, 0.29) is 13.4 Å². The van der Waals surface area contributed by atoms with E-state index in [1.54, 1.807) is 0 Å². The van der Waals surface area contributed by atoms with Crippen LogP contribution in [0.5, 0.6) is 0 Å². The summed E-state index contributed by atoms with van der Waals surface area (Å²) in [6, 6.07) is 12.0. The average Bonchev–Trinajstić information content (AvgIpc) is 2.09. The van der Waals surface area contributed by atoms with Crippen molar-refractivity contribution in [1.82, 2.24) is 0 Å². The lowest BCUT2D eigenvalue weighted by Crippen LogP contribution is -1.88. The number of esters is 1. The van der Waals surface area contributed by atoms with Crippen molar-refractivity contribution in [1.29, 1.82) is 0 Å². The number of hydrogen-bond acceptors (Lipinski definition) is 2. The van der Waals surface area contributed by atoms with Crippen LogP contribution in [0.2, 0.25) is 0 Å². The molecule has 0 fully saturated rings. The molecule has 0 spiro atoms. The minimum absolute atomic E-state index is 0. The van der Waals surface area contributed by atoms with Crippen molar-refractivity contribution in [2.24, 2.45) is 0 Å². The Labute approximate surface area is 74.2 Å². The first kappa shape index (κ1) is 13.3. The standard InChI is InChI=1S/C6H6.C3H6O2.CH4/c1-2-4-6-5-3-1;1-3(4)5-2;/h1-6H;1-2H3;1H4. The Kier molecular flexibility index (Phi) is 10.7. The first-order chi connectivity index (χ1) is 5.27. The number of carbonyl (C=O) groups is 1. The minimum atomic E-state index is -0.245. The Morgan fingerprint density at radius 3 is 1.25 bits per heavy atom. The lowest BCUT2D eigenvalue weighted by atomic mass is 10.4. The molecule has 2 heteroatoms. The second-order valence-corrected chi connectivity index (χ2v) is 1.85. The van der Waals surface area contributed by atoms with Gasteiger partial charge in [-0.15, -0.1) is 0 Å². The van der Waals surface area contributed by atoms with Crippen LogP contribution >= 0.6 is 0 Å². The van der Waals surface area contributed by atoms with Crippen LogP contribution in [0.1, 0.15) is 14.4 Å².